The van der Waals surface area contributed by atoms with Gasteiger partial charge in [-0.1, -0.05) is 23.8 Å². The second-order valence-electron chi connectivity index (χ2n) is 7.88. The molecule has 29 heavy (non-hydrogen) atoms. The molecule has 1 saturated heterocycles. The molecule has 0 aliphatic carbocycles. The van der Waals surface area contributed by atoms with E-state index in [0.29, 0.717) is 4.90 Å². The van der Waals surface area contributed by atoms with Crippen LogP contribution in [0.15, 0.2) is 47.4 Å². The normalized spacial score (nSPS) is 21.8. The van der Waals surface area contributed by atoms with Crippen molar-refractivity contribution in [3.63, 3.8) is 0 Å². The third-order valence-electron chi connectivity index (χ3n) is 6.28. The van der Waals surface area contributed by atoms with Gasteiger partial charge in [-0.2, -0.15) is 4.31 Å². The Kier molecular flexibility index (Phi) is 6.58. The Balaban J connectivity index is 0.00000240. The van der Waals surface area contributed by atoms with Crippen molar-refractivity contribution < 1.29 is 13.2 Å². The minimum absolute atomic E-state index is 0. The molecular weight excluding hydrogens is 408 g/mol. The number of piperidine rings is 1. The molecule has 0 aromatic heterocycles. The topological polar surface area (TPSA) is 49.9 Å². The van der Waals surface area contributed by atoms with Crippen LogP contribution in [-0.2, 0) is 16.4 Å². The molecule has 2 heterocycles. The van der Waals surface area contributed by atoms with Gasteiger partial charge in [-0.05, 0) is 61.6 Å². The molecule has 0 spiro atoms. The molecule has 4 rings (SSSR count). The van der Waals surface area contributed by atoms with Crippen LogP contribution in [-0.4, -0.2) is 50.9 Å². The number of hydrogen-bond donors (Lipinski definition) is 0. The molecule has 2 aromatic rings. The standard InChI is InChI=1S/C22H28N2O3S.ClH/c1-16-4-7-20(8-5-16)28(25,26)23(2)18-11-13-24-12-10-17-14-19(27-3)6-9-21(17)22(24)15-18;/h4-9,14,18,22H,10-13,15H2,1-3H3;1H. The predicted molar refractivity (Wildman–Crippen MR) is 117 cm³/mol. The van der Waals surface area contributed by atoms with E-state index in [4.69, 9.17) is 4.74 Å². The number of rotatable bonds is 4. The van der Waals surface area contributed by atoms with Gasteiger partial charge in [-0.25, -0.2) is 8.42 Å². The molecule has 2 aliphatic rings. The highest BCUT2D eigenvalue weighted by Gasteiger charge is 2.38. The fourth-order valence-electron chi connectivity index (χ4n) is 4.50. The van der Waals surface area contributed by atoms with Gasteiger partial charge >= 0.3 is 0 Å². The molecule has 0 saturated carbocycles. The average molecular weight is 437 g/mol. The number of hydrogen-bond acceptors (Lipinski definition) is 4. The Morgan fingerprint density at radius 1 is 1.10 bits per heavy atom. The van der Waals surface area contributed by atoms with Crippen molar-refractivity contribution in [2.24, 2.45) is 0 Å². The first-order chi connectivity index (χ1) is 13.4. The predicted octanol–water partition coefficient (Wildman–Crippen LogP) is 3.81. The molecule has 0 bridgehead atoms. The number of halogens is 1. The van der Waals surface area contributed by atoms with Gasteiger partial charge in [0.2, 0.25) is 10.0 Å². The van der Waals surface area contributed by atoms with Crippen LogP contribution in [0.4, 0.5) is 0 Å². The SMILES string of the molecule is COc1ccc2c(c1)CCN1CCC(N(C)S(=O)(=O)c3ccc(C)cc3)CC21.Cl. The van der Waals surface area contributed by atoms with E-state index in [2.05, 4.69) is 17.0 Å². The molecule has 2 atom stereocenters. The van der Waals surface area contributed by atoms with Gasteiger partial charge in [-0.3, -0.25) is 4.90 Å². The van der Waals surface area contributed by atoms with Gasteiger partial charge in [0.15, 0.2) is 0 Å². The lowest BCUT2D eigenvalue weighted by atomic mass is 9.85. The third kappa shape index (κ3) is 4.17. The van der Waals surface area contributed by atoms with E-state index in [1.807, 2.05) is 25.1 Å². The summed E-state index contributed by atoms with van der Waals surface area (Å²) in [7, 11) is -0.0641. The van der Waals surface area contributed by atoms with Crippen LogP contribution < -0.4 is 4.74 Å². The summed E-state index contributed by atoms with van der Waals surface area (Å²) in [5, 5.41) is 0. The molecule has 2 unspecified atom stereocenters. The Morgan fingerprint density at radius 3 is 2.52 bits per heavy atom. The van der Waals surface area contributed by atoms with E-state index in [9.17, 15) is 8.42 Å². The summed E-state index contributed by atoms with van der Waals surface area (Å²) in [5.41, 5.74) is 3.70. The second kappa shape index (κ2) is 8.64. The van der Waals surface area contributed by atoms with Gasteiger partial charge < -0.3 is 4.74 Å². The Bertz CT molecular complexity index is 963. The number of ether oxygens (including phenoxy) is 1. The Morgan fingerprint density at radius 2 is 1.83 bits per heavy atom. The number of methoxy groups -OCH3 is 1. The van der Waals surface area contributed by atoms with Crippen molar-refractivity contribution in [2.45, 2.75) is 43.2 Å². The monoisotopic (exact) mass is 436 g/mol. The van der Waals surface area contributed by atoms with Crippen LogP contribution in [0, 0.1) is 6.92 Å². The van der Waals surface area contributed by atoms with Crippen LogP contribution in [0.1, 0.15) is 35.6 Å². The maximum Gasteiger partial charge on any atom is 0.243 e. The Hall–Kier alpha value is -1.60. The lowest BCUT2D eigenvalue weighted by Crippen LogP contribution is -2.48. The fourth-order valence-corrected chi connectivity index (χ4v) is 5.90. The van der Waals surface area contributed by atoms with Crippen molar-refractivity contribution in [3.8, 4) is 5.75 Å². The number of benzene rings is 2. The van der Waals surface area contributed by atoms with E-state index in [1.54, 1.807) is 30.6 Å². The summed E-state index contributed by atoms with van der Waals surface area (Å²) in [5.74, 6) is 0.888. The van der Waals surface area contributed by atoms with Crippen molar-refractivity contribution in [1.29, 1.82) is 0 Å². The first kappa shape index (κ1) is 22.1. The summed E-state index contributed by atoms with van der Waals surface area (Å²) < 4.78 is 33.2. The van der Waals surface area contributed by atoms with Crippen molar-refractivity contribution in [2.75, 3.05) is 27.2 Å². The molecule has 0 amide bonds. The molecule has 5 nitrogen and oxygen atoms in total. The van der Waals surface area contributed by atoms with Crippen LogP contribution in [0.2, 0.25) is 0 Å². The van der Waals surface area contributed by atoms with Gasteiger partial charge in [0.1, 0.15) is 5.75 Å². The lowest BCUT2D eigenvalue weighted by molar-refractivity contribution is 0.0968. The molecular formula is C22H29ClN2O3S. The van der Waals surface area contributed by atoms with Gasteiger partial charge in [0.25, 0.3) is 0 Å². The number of aryl methyl sites for hydroxylation is 1. The molecule has 158 valence electrons. The van der Waals surface area contributed by atoms with Crippen LogP contribution in [0.3, 0.4) is 0 Å². The number of fused-ring (bicyclic) bond motifs is 3. The summed E-state index contributed by atoms with van der Waals surface area (Å²) >= 11 is 0. The van der Waals surface area contributed by atoms with Crippen LogP contribution >= 0.6 is 12.4 Å². The highest BCUT2D eigenvalue weighted by Crippen LogP contribution is 2.39. The highest BCUT2D eigenvalue weighted by molar-refractivity contribution is 7.89. The van der Waals surface area contributed by atoms with E-state index >= 15 is 0 Å². The minimum Gasteiger partial charge on any atom is -0.497 e. The molecule has 7 heteroatoms. The first-order valence-corrected chi connectivity index (χ1v) is 11.3. The molecule has 0 N–H and O–H groups in total. The summed E-state index contributed by atoms with van der Waals surface area (Å²) in [6, 6.07) is 13.7. The van der Waals surface area contributed by atoms with Crippen LogP contribution in [0.25, 0.3) is 0 Å². The zero-order valence-corrected chi connectivity index (χ0v) is 18.8. The first-order valence-electron chi connectivity index (χ1n) is 9.85. The quantitative estimate of drug-likeness (QED) is 0.731. The van der Waals surface area contributed by atoms with E-state index in [0.717, 1.165) is 43.7 Å². The number of nitrogens with zero attached hydrogens (tertiary/aromatic N) is 2. The zero-order chi connectivity index (χ0) is 19.9. The van der Waals surface area contributed by atoms with E-state index < -0.39 is 10.0 Å². The minimum atomic E-state index is -3.49. The smallest absolute Gasteiger partial charge is 0.243 e. The Labute approximate surface area is 180 Å². The fraction of sp³-hybridized carbons (Fsp3) is 0.455. The van der Waals surface area contributed by atoms with E-state index in [-0.39, 0.29) is 24.5 Å². The van der Waals surface area contributed by atoms with E-state index in [1.165, 1.54) is 11.1 Å². The number of sulfonamides is 1. The highest BCUT2D eigenvalue weighted by atomic mass is 35.5. The van der Waals surface area contributed by atoms with Gasteiger partial charge in [-0.15, -0.1) is 12.4 Å². The lowest BCUT2D eigenvalue weighted by Gasteiger charge is -2.45. The van der Waals surface area contributed by atoms with Crippen molar-refractivity contribution in [3.05, 3.63) is 59.2 Å². The maximum atomic E-state index is 13.1. The van der Waals surface area contributed by atoms with Crippen molar-refractivity contribution >= 4 is 22.4 Å². The second-order valence-corrected chi connectivity index (χ2v) is 9.88. The summed E-state index contributed by atoms with van der Waals surface area (Å²) in [6.07, 6.45) is 2.70. The molecule has 2 aromatic carbocycles. The van der Waals surface area contributed by atoms with Gasteiger partial charge in [0.05, 0.1) is 12.0 Å². The largest absolute Gasteiger partial charge is 0.497 e. The molecule has 1 fully saturated rings. The van der Waals surface area contributed by atoms with Crippen LogP contribution in [0.5, 0.6) is 5.75 Å². The van der Waals surface area contributed by atoms with Gasteiger partial charge in [0, 0.05) is 32.2 Å². The average Bonchev–Trinajstić information content (AvgIpc) is 2.72. The molecule has 0 radical (unpaired) electrons. The summed E-state index contributed by atoms with van der Waals surface area (Å²) in [6.45, 7) is 3.91. The van der Waals surface area contributed by atoms with Crippen molar-refractivity contribution in [1.82, 2.24) is 9.21 Å². The third-order valence-corrected chi connectivity index (χ3v) is 8.20. The molecule has 2 aliphatic heterocycles. The maximum absolute atomic E-state index is 13.1. The summed E-state index contributed by atoms with van der Waals surface area (Å²) in [4.78, 5) is 2.87. The zero-order valence-electron chi connectivity index (χ0n) is 17.2.